The van der Waals surface area contributed by atoms with Gasteiger partial charge in [-0.05, 0) is 17.7 Å². The summed E-state index contributed by atoms with van der Waals surface area (Å²) in [5.41, 5.74) is 3.69. The van der Waals surface area contributed by atoms with E-state index in [1.54, 1.807) is 12.4 Å². The zero-order valence-electron chi connectivity index (χ0n) is 10.6. The van der Waals surface area contributed by atoms with Crippen molar-refractivity contribution >= 4 is 24.1 Å². The van der Waals surface area contributed by atoms with Crippen molar-refractivity contribution in [2.45, 2.75) is 6.54 Å². The molecule has 2 heterocycles. The van der Waals surface area contributed by atoms with Gasteiger partial charge in [0.25, 0.3) is 0 Å². The maximum atomic E-state index is 8.90. The third-order valence-corrected chi connectivity index (χ3v) is 3.08. The molecule has 95 valence electrons. The van der Waals surface area contributed by atoms with E-state index in [4.69, 9.17) is 10.3 Å². The van der Waals surface area contributed by atoms with Gasteiger partial charge in [-0.3, -0.25) is 0 Å². The van der Waals surface area contributed by atoms with Crippen LogP contribution in [-0.4, -0.2) is 27.0 Å². The van der Waals surface area contributed by atoms with E-state index in [2.05, 4.69) is 9.97 Å². The van der Waals surface area contributed by atoms with Crippen LogP contribution in [0.15, 0.2) is 42.7 Å². The second-order valence-corrected chi connectivity index (χ2v) is 4.39. The highest BCUT2D eigenvalue weighted by atomic mass is 16.2. The Hall–Kier alpha value is -2.65. The number of pyridine rings is 1. The van der Waals surface area contributed by atoms with Crippen molar-refractivity contribution in [3.63, 3.8) is 0 Å². The molecule has 0 spiro atoms. The molecular formula is C14H10BN4O. The lowest BCUT2D eigenvalue weighted by atomic mass is 9.88. The first kappa shape index (κ1) is 12.4. The lowest BCUT2D eigenvalue weighted by Gasteiger charge is -2.05. The van der Waals surface area contributed by atoms with Crippen LogP contribution in [0, 0.1) is 11.3 Å². The zero-order valence-corrected chi connectivity index (χ0v) is 10.6. The van der Waals surface area contributed by atoms with E-state index in [9.17, 15) is 0 Å². The predicted molar refractivity (Wildman–Crippen MR) is 75.4 cm³/mol. The third kappa shape index (κ3) is 2.27. The van der Waals surface area contributed by atoms with Gasteiger partial charge in [-0.2, -0.15) is 5.26 Å². The van der Waals surface area contributed by atoms with Crippen molar-refractivity contribution in [3.05, 3.63) is 54.0 Å². The fraction of sp³-hybridized carbons (Fsp3) is 0.0714. The van der Waals surface area contributed by atoms with Gasteiger partial charge in [-0.25, -0.2) is 9.97 Å². The molecule has 0 aliphatic carbocycles. The lowest BCUT2D eigenvalue weighted by Crippen LogP contribution is -2.12. The highest BCUT2D eigenvalue weighted by Gasteiger charge is 2.05. The molecule has 1 radical (unpaired) electrons. The molecule has 0 saturated carbocycles. The Balaban J connectivity index is 1.92. The number of fused-ring (bicyclic) bond motifs is 1. The van der Waals surface area contributed by atoms with Crippen molar-refractivity contribution in [1.29, 1.82) is 5.26 Å². The van der Waals surface area contributed by atoms with Crippen LogP contribution in [-0.2, 0) is 6.54 Å². The number of rotatable bonds is 3. The van der Waals surface area contributed by atoms with Gasteiger partial charge >= 0.3 is 7.48 Å². The maximum Gasteiger partial charge on any atom is 0.326 e. The molecule has 0 amide bonds. The predicted octanol–water partition coefficient (Wildman–Crippen LogP) is 0.588. The number of aromatic nitrogens is 3. The van der Waals surface area contributed by atoms with Crippen molar-refractivity contribution in [1.82, 2.24) is 14.5 Å². The van der Waals surface area contributed by atoms with Crippen LogP contribution in [0.4, 0.5) is 0 Å². The molecule has 1 aromatic carbocycles. The highest BCUT2D eigenvalue weighted by molar-refractivity contribution is 6.45. The van der Waals surface area contributed by atoms with Crippen molar-refractivity contribution in [2.24, 2.45) is 0 Å². The Bertz CT molecular complexity index is 789. The molecule has 6 heteroatoms. The lowest BCUT2D eigenvalue weighted by molar-refractivity contribution is 0.615. The van der Waals surface area contributed by atoms with Crippen LogP contribution in [0.5, 0.6) is 0 Å². The van der Waals surface area contributed by atoms with Gasteiger partial charge in [-0.15, -0.1) is 0 Å². The molecule has 0 bridgehead atoms. The summed E-state index contributed by atoms with van der Waals surface area (Å²) in [6.07, 6.45) is 1.71. The van der Waals surface area contributed by atoms with E-state index in [0.29, 0.717) is 17.9 Å². The molecular weight excluding hydrogens is 251 g/mol. The van der Waals surface area contributed by atoms with E-state index < -0.39 is 0 Å². The molecule has 3 rings (SSSR count). The van der Waals surface area contributed by atoms with Gasteiger partial charge in [0, 0.05) is 6.54 Å². The Morgan fingerprint density at radius 3 is 2.70 bits per heavy atom. The van der Waals surface area contributed by atoms with Gasteiger partial charge in [-0.1, -0.05) is 29.7 Å². The normalized spacial score (nSPS) is 10.4. The van der Waals surface area contributed by atoms with Crippen LogP contribution < -0.4 is 5.46 Å². The Labute approximate surface area is 116 Å². The average molecular weight is 261 g/mol. The van der Waals surface area contributed by atoms with Crippen LogP contribution in [0.2, 0.25) is 0 Å². The van der Waals surface area contributed by atoms with Crippen molar-refractivity contribution in [3.8, 4) is 6.07 Å². The smallest absolute Gasteiger partial charge is 0.326 e. The first-order chi connectivity index (χ1) is 9.80. The number of imidazole rings is 1. The molecule has 1 N–H and O–H groups in total. The molecule has 0 aliphatic heterocycles. The van der Waals surface area contributed by atoms with Crippen molar-refractivity contribution < 1.29 is 5.02 Å². The first-order valence-electron chi connectivity index (χ1n) is 6.08. The molecule has 3 aromatic rings. The quantitative estimate of drug-likeness (QED) is 0.700. The molecule has 2 aromatic heterocycles. The molecule has 0 unspecified atom stereocenters. The largest absolute Gasteiger partial charge is 0.450 e. The van der Waals surface area contributed by atoms with Gasteiger partial charge < -0.3 is 9.59 Å². The summed E-state index contributed by atoms with van der Waals surface area (Å²) in [6.45, 7) is 0.662. The minimum atomic E-state index is 0.366. The zero-order chi connectivity index (χ0) is 13.9. The van der Waals surface area contributed by atoms with Crippen LogP contribution >= 0.6 is 0 Å². The molecule has 0 fully saturated rings. The number of benzene rings is 1. The Morgan fingerprint density at radius 2 is 2.00 bits per heavy atom. The second kappa shape index (κ2) is 5.15. The van der Waals surface area contributed by atoms with Gasteiger partial charge in [0.15, 0.2) is 5.65 Å². The van der Waals surface area contributed by atoms with E-state index in [1.165, 1.54) is 0 Å². The summed E-state index contributed by atoms with van der Waals surface area (Å²) < 4.78 is 1.97. The monoisotopic (exact) mass is 261 g/mol. The van der Waals surface area contributed by atoms with Crippen LogP contribution in [0.25, 0.3) is 11.2 Å². The summed E-state index contributed by atoms with van der Waals surface area (Å²) in [6, 6.07) is 13.1. The molecule has 5 nitrogen and oxygen atoms in total. The summed E-state index contributed by atoms with van der Waals surface area (Å²) in [5, 5.41) is 17.7. The van der Waals surface area contributed by atoms with Crippen LogP contribution in [0.1, 0.15) is 11.3 Å². The average Bonchev–Trinajstić information content (AvgIpc) is 2.90. The molecule has 0 saturated heterocycles. The summed E-state index contributed by atoms with van der Waals surface area (Å²) >= 11 is 0. The van der Waals surface area contributed by atoms with E-state index in [0.717, 1.165) is 24.0 Å². The number of hydrogen-bond donors (Lipinski definition) is 1. The fourth-order valence-corrected chi connectivity index (χ4v) is 2.04. The summed E-state index contributed by atoms with van der Waals surface area (Å²) in [5.74, 6) is 0. The second-order valence-electron chi connectivity index (χ2n) is 4.39. The number of nitriles is 1. The van der Waals surface area contributed by atoms with Gasteiger partial charge in [0.05, 0.1) is 11.8 Å². The van der Waals surface area contributed by atoms with E-state index in [-0.39, 0.29) is 0 Å². The minimum Gasteiger partial charge on any atom is -0.450 e. The summed E-state index contributed by atoms with van der Waals surface area (Å²) in [4.78, 5) is 8.36. The topological polar surface area (TPSA) is 74.7 Å². The van der Waals surface area contributed by atoms with E-state index >= 15 is 0 Å². The molecule has 20 heavy (non-hydrogen) atoms. The van der Waals surface area contributed by atoms with E-state index in [1.807, 2.05) is 41.0 Å². The SMILES string of the molecule is N#Cc1ccc2c(ncn2Cc2ccc([B]O)cc2)n1. The number of nitrogens with zero attached hydrogens (tertiary/aromatic N) is 4. The Kier molecular flexibility index (Phi) is 3.19. The van der Waals surface area contributed by atoms with Crippen LogP contribution in [0.3, 0.4) is 0 Å². The van der Waals surface area contributed by atoms with Gasteiger partial charge in [0.1, 0.15) is 11.8 Å². The standard InChI is InChI=1S/C14H10BN4O/c16-7-12-5-6-13-14(18-12)17-9-19(13)8-10-1-3-11(15-20)4-2-10/h1-6,9,20H,8H2. The maximum absolute atomic E-state index is 8.90. The Morgan fingerprint density at radius 1 is 1.20 bits per heavy atom. The third-order valence-electron chi connectivity index (χ3n) is 3.08. The number of hydrogen-bond acceptors (Lipinski definition) is 4. The fourth-order valence-electron chi connectivity index (χ4n) is 2.04. The summed E-state index contributed by atoms with van der Waals surface area (Å²) in [7, 11) is 1.07. The van der Waals surface area contributed by atoms with Gasteiger partial charge in [0.2, 0.25) is 0 Å². The first-order valence-corrected chi connectivity index (χ1v) is 6.08. The van der Waals surface area contributed by atoms with Crippen molar-refractivity contribution in [2.75, 3.05) is 0 Å². The highest BCUT2D eigenvalue weighted by Crippen LogP contribution is 2.13. The minimum absolute atomic E-state index is 0.366. The molecule has 0 aliphatic rings. The molecule has 0 atom stereocenters.